The third kappa shape index (κ3) is 11.3. The van der Waals surface area contributed by atoms with Crippen LogP contribution in [0.1, 0.15) is 65.2 Å². The van der Waals surface area contributed by atoms with Crippen LogP contribution in [0.25, 0.3) is 0 Å². The Hall–Kier alpha value is -0.730. The van der Waals surface area contributed by atoms with Crippen LogP contribution in [0.3, 0.4) is 0 Å². The SMILES string of the molecule is CCCCCCCCCNC(=O)OCCC. The number of ether oxygens (including phenoxy) is 1. The van der Waals surface area contributed by atoms with E-state index in [0.29, 0.717) is 6.61 Å². The van der Waals surface area contributed by atoms with Crippen molar-refractivity contribution in [2.75, 3.05) is 13.2 Å². The summed E-state index contributed by atoms with van der Waals surface area (Å²) in [4.78, 5) is 11.0. The van der Waals surface area contributed by atoms with Gasteiger partial charge in [0, 0.05) is 6.54 Å². The van der Waals surface area contributed by atoms with Gasteiger partial charge in [0.2, 0.25) is 0 Å². The number of hydrogen-bond donors (Lipinski definition) is 1. The second-order valence-electron chi connectivity index (χ2n) is 4.18. The second kappa shape index (κ2) is 12.3. The summed E-state index contributed by atoms with van der Waals surface area (Å²) in [5, 5.41) is 2.76. The summed E-state index contributed by atoms with van der Waals surface area (Å²) in [6, 6.07) is 0. The molecule has 0 saturated carbocycles. The molecule has 0 aliphatic rings. The normalized spacial score (nSPS) is 10.1. The van der Waals surface area contributed by atoms with Gasteiger partial charge in [-0.25, -0.2) is 4.79 Å². The highest BCUT2D eigenvalue weighted by Gasteiger charge is 1.98. The molecule has 3 nitrogen and oxygen atoms in total. The second-order valence-corrected chi connectivity index (χ2v) is 4.18. The Balaban J connectivity index is 3.05. The molecule has 0 aliphatic heterocycles. The predicted molar refractivity (Wildman–Crippen MR) is 67.6 cm³/mol. The summed E-state index contributed by atoms with van der Waals surface area (Å²) in [7, 11) is 0. The molecule has 16 heavy (non-hydrogen) atoms. The van der Waals surface area contributed by atoms with Crippen molar-refractivity contribution in [3.63, 3.8) is 0 Å². The molecule has 1 amide bonds. The summed E-state index contributed by atoms with van der Waals surface area (Å²) >= 11 is 0. The third-order valence-corrected chi connectivity index (χ3v) is 2.49. The van der Waals surface area contributed by atoms with Gasteiger partial charge in [-0.1, -0.05) is 52.4 Å². The molecule has 3 heteroatoms. The van der Waals surface area contributed by atoms with Gasteiger partial charge in [0.1, 0.15) is 0 Å². The van der Waals surface area contributed by atoms with E-state index in [2.05, 4.69) is 12.2 Å². The fourth-order valence-corrected chi connectivity index (χ4v) is 1.52. The van der Waals surface area contributed by atoms with Crippen molar-refractivity contribution in [1.82, 2.24) is 5.32 Å². The van der Waals surface area contributed by atoms with Crippen LogP contribution in [-0.4, -0.2) is 19.2 Å². The zero-order valence-electron chi connectivity index (χ0n) is 10.9. The van der Waals surface area contributed by atoms with Gasteiger partial charge in [-0.15, -0.1) is 0 Å². The lowest BCUT2D eigenvalue weighted by Gasteiger charge is -2.05. The number of carbonyl (C=O) groups is 1. The maximum absolute atomic E-state index is 11.0. The number of rotatable bonds is 10. The van der Waals surface area contributed by atoms with E-state index >= 15 is 0 Å². The van der Waals surface area contributed by atoms with Crippen LogP contribution in [0.15, 0.2) is 0 Å². The van der Waals surface area contributed by atoms with Gasteiger partial charge in [0.25, 0.3) is 0 Å². The van der Waals surface area contributed by atoms with Crippen LogP contribution in [0.2, 0.25) is 0 Å². The van der Waals surface area contributed by atoms with Crippen LogP contribution >= 0.6 is 0 Å². The van der Waals surface area contributed by atoms with E-state index in [-0.39, 0.29) is 6.09 Å². The smallest absolute Gasteiger partial charge is 0.407 e. The lowest BCUT2D eigenvalue weighted by atomic mass is 10.1. The summed E-state index contributed by atoms with van der Waals surface area (Å²) in [6.45, 7) is 5.48. The number of unbranched alkanes of at least 4 members (excludes halogenated alkanes) is 6. The Bertz CT molecular complexity index is 160. The predicted octanol–water partition coefficient (Wildman–Crippen LogP) is 3.87. The topological polar surface area (TPSA) is 38.3 Å². The molecule has 0 spiro atoms. The van der Waals surface area contributed by atoms with Crippen molar-refractivity contribution < 1.29 is 9.53 Å². The molecule has 0 aromatic rings. The Kier molecular flexibility index (Phi) is 11.8. The van der Waals surface area contributed by atoms with Crippen LogP contribution in [0.4, 0.5) is 4.79 Å². The van der Waals surface area contributed by atoms with Crippen molar-refractivity contribution in [2.45, 2.75) is 65.2 Å². The molecule has 0 aromatic carbocycles. The minimum absolute atomic E-state index is 0.271. The molecule has 96 valence electrons. The monoisotopic (exact) mass is 229 g/mol. The van der Waals surface area contributed by atoms with E-state index in [0.717, 1.165) is 19.4 Å². The molecule has 0 rings (SSSR count). The van der Waals surface area contributed by atoms with E-state index < -0.39 is 0 Å². The van der Waals surface area contributed by atoms with E-state index in [1.165, 1.54) is 38.5 Å². The van der Waals surface area contributed by atoms with Gasteiger partial charge in [0.05, 0.1) is 6.61 Å². The van der Waals surface area contributed by atoms with Crippen LogP contribution in [0, 0.1) is 0 Å². The quantitative estimate of drug-likeness (QED) is 0.577. The lowest BCUT2D eigenvalue weighted by molar-refractivity contribution is 0.146. The van der Waals surface area contributed by atoms with Gasteiger partial charge < -0.3 is 10.1 Å². The molecule has 0 radical (unpaired) electrons. The zero-order chi connectivity index (χ0) is 12.1. The Morgan fingerprint density at radius 3 is 2.19 bits per heavy atom. The highest BCUT2D eigenvalue weighted by atomic mass is 16.5. The highest BCUT2D eigenvalue weighted by molar-refractivity contribution is 5.66. The van der Waals surface area contributed by atoms with Crippen molar-refractivity contribution in [1.29, 1.82) is 0 Å². The number of carbonyl (C=O) groups excluding carboxylic acids is 1. The molecule has 0 saturated heterocycles. The Morgan fingerprint density at radius 2 is 1.56 bits per heavy atom. The van der Waals surface area contributed by atoms with Crippen molar-refractivity contribution in [3.8, 4) is 0 Å². The lowest BCUT2D eigenvalue weighted by Crippen LogP contribution is -2.25. The standard InChI is InChI=1S/C13H27NO2/c1-3-5-6-7-8-9-10-11-14-13(15)16-12-4-2/h3-12H2,1-2H3,(H,14,15). The van der Waals surface area contributed by atoms with E-state index in [1.807, 2.05) is 6.92 Å². The number of nitrogens with one attached hydrogen (secondary N) is 1. The maximum atomic E-state index is 11.0. The van der Waals surface area contributed by atoms with Crippen molar-refractivity contribution >= 4 is 6.09 Å². The highest BCUT2D eigenvalue weighted by Crippen LogP contribution is 2.06. The summed E-state index contributed by atoms with van der Waals surface area (Å²) < 4.78 is 4.90. The van der Waals surface area contributed by atoms with Gasteiger partial charge in [0.15, 0.2) is 0 Å². The zero-order valence-corrected chi connectivity index (χ0v) is 10.9. The first kappa shape index (κ1) is 15.3. The van der Waals surface area contributed by atoms with Gasteiger partial charge >= 0.3 is 6.09 Å². The third-order valence-electron chi connectivity index (χ3n) is 2.49. The van der Waals surface area contributed by atoms with E-state index in [9.17, 15) is 4.79 Å². The van der Waals surface area contributed by atoms with Gasteiger partial charge in [-0.2, -0.15) is 0 Å². The number of hydrogen-bond acceptors (Lipinski definition) is 2. The molecule has 0 atom stereocenters. The summed E-state index contributed by atoms with van der Waals surface area (Å²) in [6.07, 6.45) is 9.48. The average Bonchev–Trinajstić information content (AvgIpc) is 2.30. The number of alkyl carbamates (subject to hydrolysis) is 1. The van der Waals surface area contributed by atoms with Crippen LogP contribution in [-0.2, 0) is 4.74 Å². The van der Waals surface area contributed by atoms with Gasteiger partial charge in [-0.3, -0.25) is 0 Å². The minimum atomic E-state index is -0.271. The first-order valence-corrected chi connectivity index (χ1v) is 6.71. The molecule has 1 N–H and O–H groups in total. The van der Waals surface area contributed by atoms with Gasteiger partial charge in [-0.05, 0) is 12.8 Å². The van der Waals surface area contributed by atoms with Crippen molar-refractivity contribution in [3.05, 3.63) is 0 Å². The average molecular weight is 229 g/mol. The molecule has 0 aliphatic carbocycles. The summed E-state index contributed by atoms with van der Waals surface area (Å²) in [5.41, 5.74) is 0. The van der Waals surface area contributed by atoms with Crippen LogP contribution < -0.4 is 5.32 Å². The molecule has 0 heterocycles. The molecule has 0 aromatic heterocycles. The molecular weight excluding hydrogens is 202 g/mol. The van der Waals surface area contributed by atoms with E-state index in [1.54, 1.807) is 0 Å². The van der Waals surface area contributed by atoms with Crippen LogP contribution in [0.5, 0.6) is 0 Å². The molecule has 0 bridgehead atoms. The first-order valence-electron chi connectivity index (χ1n) is 6.71. The van der Waals surface area contributed by atoms with E-state index in [4.69, 9.17) is 4.74 Å². The Labute approximate surface area is 99.9 Å². The Morgan fingerprint density at radius 1 is 0.938 bits per heavy atom. The van der Waals surface area contributed by atoms with Crippen molar-refractivity contribution in [2.24, 2.45) is 0 Å². The fourth-order valence-electron chi connectivity index (χ4n) is 1.52. The molecule has 0 fully saturated rings. The first-order chi connectivity index (χ1) is 7.81. The largest absolute Gasteiger partial charge is 0.450 e. The fraction of sp³-hybridized carbons (Fsp3) is 0.923. The summed E-state index contributed by atoms with van der Waals surface area (Å²) in [5.74, 6) is 0. The maximum Gasteiger partial charge on any atom is 0.407 e. The number of amides is 1. The minimum Gasteiger partial charge on any atom is -0.450 e. The molecule has 0 unspecified atom stereocenters. The molecular formula is C13H27NO2.